The van der Waals surface area contributed by atoms with E-state index in [1.54, 1.807) is 18.3 Å². The summed E-state index contributed by atoms with van der Waals surface area (Å²) in [7, 11) is 1.52. The summed E-state index contributed by atoms with van der Waals surface area (Å²) < 4.78 is 16.4. The van der Waals surface area contributed by atoms with Crippen molar-refractivity contribution >= 4 is 23.3 Å². The van der Waals surface area contributed by atoms with E-state index in [-0.39, 0.29) is 5.91 Å². The van der Waals surface area contributed by atoms with Crippen LogP contribution in [-0.2, 0) is 11.3 Å². The third-order valence-electron chi connectivity index (χ3n) is 4.54. The van der Waals surface area contributed by atoms with E-state index in [0.29, 0.717) is 48.5 Å². The second kappa shape index (κ2) is 10.3. The Hall–Kier alpha value is -2.51. The van der Waals surface area contributed by atoms with Gasteiger partial charge in [-0.1, -0.05) is 18.5 Å². The SMILES string of the molecule is CCCOc1c(Cl)cc(C(=O)NCc2ccnc(N3CCOCC3)c2)cc1OC. The van der Waals surface area contributed by atoms with E-state index in [0.717, 1.165) is 30.9 Å². The third kappa shape index (κ3) is 5.52. The maximum Gasteiger partial charge on any atom is 0.251 e. The van der Waals surface area contributed by atoms with Crippen LogP contribution in [0.1, 0.15) is 29.3 Å². The highest BCUT2D eigenvalue weighted by Gasteiger charge is 2.16. The van der Waals surface area contributed by atoms with Crippen molar-refractivity contribution in [2.24, 2.45) is 0 Å². The fraction of sp³-hybridized carbons (Fsp3) is 0.429. The number of pyridine rings is 1. The lowest BCUT2D eigenvalue weighted by molar-refractivity contribution is 0.0950. The van der Waals surface area contributed by atoms with Crippen molar-refractivity contribution in [2.45, 2.75) is 19.9 Å². The van der Waals surface area contributed by atoms with Crippen LogP contribution in [0.5, 0.6) is 11.5 Å². The summed E-state index contributed by atoms with van der Waals surface area (Å²) in [5.74, 6) is 1.55. The van der Waals surface area contributed by atoms with Gasteiger partial charge in [-0.2, -0.15) is 0 Å². The quantitative estimate of drug-likeness (QED) is 0.707. The standard InChI is InChI=1S/C21H26ClN3O4/c1-3-8-29-20-17(22)12-16(13-18(20)27-2)21(26)24-14-15-4-5-23-19(11-15)25-6-9-28-10-7-25/h4-5,11-13H,3,6-10,14H2,1-2H3,(H,24,26). The Bertz CT molecular complexity index is 841. The summed E-state index contributed by atoms with van der Waals surface area (Å²) >= 11 is 6.31. The second-order valence-electron chi connectivity index (χ2n) is 6.64. The Kier molecular flexibility index (Phi) is 7.55. The van der Waals surface area contributed by atoms with Gasteiger partial charge in [0.1, 0.15) is 5.82 Å². The molecular weight excluding hydrogens is 394 g/mol. The number of halogens is 1. The fourth-order valence-corrected chi connectivity index (χ4v) is 3.28. The number of morpholine rings is 1. The highest BCUT2D eigenvalue weighted by Crippen LogP contribution is 2.36. The number of nitrogens with one attached hydrogen (secondary N) is 1. The molecule has 0 unspecified atom stereocenters. The second-order valence-corrected chi connectivity index (χ2v) is 7.05. The zero-order valence-electron chi connectivity index (χ0n) is 16.7. The number of hydrogen-bond donors (Lipinski definition) is 1. The largest absolute Gasteiger partial charge is 0.493 e. The molecule has 3 rings (SSSR count). The molecule has 8 heteroatoms. The number of nitrogens with zero attached hydrogens (tertiary/aromatic N) is 2. The summed E-state index contributed by atoms with van der Waals surface area (Å²) in [6.45, 7) is 5.93. The van der Waals surface area contributed by atoms with Crippen molar-refractivity contribution in [3.8, 4) is 11.5 Å². The van der Waals surface area contributed by atoms with Gasteiger partial charge in [0.25, 0.3) is 5.91 Å². The van der Waals surface area contributed by atoms with Gasteiger partial charge in [-0.25, -0.2) is 4.98 Å². The lowest BCUT2D eigenvalue weighted by Crippen LogP contribution is -2.36. The first-order chi connectivity index (χ1) is 14.1. The van der Waals surface area contributed by atoms with Gasteiger partial charge in [-0.15, -0.1) is 0 Å². The minimum atomic E-state index is -0.239. The smallest absolute Gasteiger partial charge is 0.251 e. The van der Waals surface area contributed by atoms with Crippen molar-refractivity contribution in [1.82, 2.24) is 10.3 Å². The van der Waals surface area contributed by atoms with Crippen LogP contribution in [-0.4, -0.2) is 50.9 Å². The number of amides is 1. The summed E-state index contributed by atoms with van der Waals surface area (Å²) in [4.78, 5) is 19.2. The highest BCUT2D eigenvalue weighted by atomic mass is 35.5. The number of methoxy groups -OCH3 is 1. The van der Waals surface area contributed by atoms with E-state index in [1.807, 2.05) is 19.1 Å². The van der Waals surface area contributed by atoms with E-state index in [9.17, 15) is 4.79 Å². The predicted octanol–water partition coefficient (Wildman–Crippen LogP) is 3.30. The number of benzene rings is 1. The molecule has 1 amide bonds. The van der Waals surface area contributed by atoms with Gasteiger partial charge >= 0.3 is 0 Å². The first-order valence-corrected chi connectivity index (χ1v) is 10.1. The van der Waals surface area contributed by atoms with Crippen molar-refractivity contribution < 1.29 is 19.0 Å². The monoisotopic (exact) mass is 419 g/mol. The molecule has 1 aliphatic rings. The number of carbonyl (C=O) groups is 1. The first-order valence-electron chi connectivity index (χ1n) is 9.68. The van der Waals surface area contributed by atoms with E-state index >= 15 is 0 Å². The number of rotatable bonds is 8. The number of carbonyl (C=O) groups excluding carboxylic acids is 1. The zero-order chi connectivity index (χ0) is 20.6. The van der Waals surface area contributed by atoms with Crippen LogP contribution >= 0.6 is 11.6 Å². The Balaban J connectivity index is 1.67. The van der Waals surface area contributed by atoms with Gasteiger partial charge in [0, 0.05) is 31.4 Å². The van der Waals surface area contributed by atoms with Gasteiger partial charge in [-0.05, 0) is 36.2 Å². The van der Waals surface area contributed by atoms with E-state index in [1.165, 1.54) is 7.11 Å². The molecule has 1 aromatic carbocycles. The van der Waals surface area contributed by atoms with Crippen LogP contribution in [0, 0.1) is 0 Å². The van der Waals surface area contributed by atoms with Crippen LogP contribution in [0.15, 0.2) is 30.5 Å². The predicted molar refractivity (Wildman–Crippen MR) is 112 cm³/mol. The Morgan fingerprint density at radius 3 is 2.83 bits per heavy atom. The molecule has 156 valence electrons. The lowest BCUT2D eigenvalue weighted by Gasteiger charge is -2.28. The lowest BCUT2D eigenvalue weighted by atomic mass is 10.1. The highest BCUT2D eigenvalue weighted by molar-refractivity contribution is 6.32. The van der Waals surface area contributed by atoms with Crippen molar-refractivity contribution in [3.63, 3.8) is 0 Å². The molecule has 29 heavy (non-hydrogen) atoms. The van der Waals surface area contributed by atoms with Gasteiger partial charge < -0.3 is 24.4 Å². The molecule has 0 radical (unpaired) electrons. The molecule has 1 fully saturated rings. The molecule has 0 aliphatic carbocycles. The van der Waals surface area contributed by atoms with E-state index in [4.69, 9.17) is 25.8 Å². The topological polar surface area (TPSA) is 72.9 Å². The minimum Gasteiger partial charge on any atom is -0.493 e. The number of ether oxygens (including phenoxy) is 3. The summed E-state index contributed by atoms with van der Waals surface area (Å²) in [5, 5.41) is 3.27. The molecule has 2 heterocycles. The Morgan fingerprint density at radius 1 is 1.31 bits per heavy atom. The third-order valence-corrected chi connectivity index (χ3v) is 4.82. The average molecular weight is 420 g/mol. The number of aromatic nitrogens is 1. The molecule has 1 saturated heterocycles. The number of hydrogen-bond acceptors (Lipinski definition) is 6. The molecule has 7 nitrogen and oxygen atoms in total. The molecule has 1 aromatic heterocycles. The average Bonchev–Trinajstić information content (AvgIpc) is 2.77. The first kappa shape index (κ1) is 21.2. The van der Waals surface area contributed by atoms with Crippen molar-refractivity contribution in [3.05, 3.63) is 46.6 Å². The van der Waals surface area contributed by atoms with Crippen LogP contribution in [0.2, 0.25) is 5.02 Å². The molecule has 2 aromatic rings. The van der Waals surface area contributed by atoms with Crippen LogP contribution in [0.4, 0.5) is 5.82 Å². The maximum atomic E-state index is 12.6. The summed E-state index contributed by atoms with van der Waals surface area (Å²) in [6.07, 6.45) is 2.60. The van der Waals surface area contributed by atoms with E-state index in [2.05, 4.69) is 15.2 Å². The molecule has 1 N–H and O–H groups in total. The molecule has 0 atom stereocenters. The normalized spacial score (nSPS) is 13.8. The van der Waals surface area contributed by atoms with Crippen molar-refractivity contribution in [2.75, 3.05) is 44.9 Å². The van der Waals surface area contributed by atoms with Gasteiger partial charge in [0.15, 0.2) is 11.5 Å². The Morgan fingerprint density at radius 2 is 2.10 bits per heavy atom. The molecule has 1 aliphatic heterocycles. The van der Waals surface area contributed by atoms with Crippen LogP contribution in [0.25, 0.3) is 0 Å². The molecule has 0 spiro atoms. The maximum absolute atomic E-state index is 12.6. The van der Waals surface area contributed by atoms with Gasteiger partial charge in [0.2, 0.25) is 0 Å². The number of anilines is 1. The summed E-state index contributed by atoms with van der Waals surface area (Å²) in [5.41, 5.74) is 1.38. The Labute approximate surface area is 175 Å². The fourth-order valence-electron chi connectivity index (χ4n) is 3.02. The molecular formula is C21H26ClN3O4. The van der Waals surface area contributed by atoms with Crippen LogP contribution in [0.3, 0.4) is 0 Å². The van der Waals surface area contributed by atoms with Crippen LogP contribution < -0.4 is 19.7 Å². The molecule has 0 saturated carbocycles. The van der Waals surface area contributed by atoms with Gasteiger partial charge in [-0.3, -0.25) is 4.79 Å². The van der Waals surface area contributed by atoms with Gasteiger partial charge in [0.05, 0.1) is 32.0 Å². The zero-order valence-corrected chi connectivity index (χ0v) is 17.5. The summed E-state index contributed by atoms with van der Waals surface area (Å²) in [6, 6.07) is 7.11. The van der Waals surface area contributed by atoms with Crippen molar-refractivity contribution in [1.29, 1.82) is 0 Å². The minimum absolute atomic E-state index is 0.239. The molecule has 0 bridgehead atoms. The van der Waals surface area contributed by atoms with E-state index < -0.39 is 0 Å².